The number of nitrogens with zero attached hydrogens (tertiary/aromatic N) is 3. The van der Waals surface area contributed by atoms with Gasteiger partial charge in [-0.15, -0.1) is 0 Å². The van der Waals surface area contributed by atoms with Crippen LogP contribution in [0, 0.1) is 12.8 Å². The first-order chi connectivity index (χ1) is 11.6. The average molecular weight is 330 g/mol. The summed E-state index contributed by atoms with van der Waals surface area (Å²) in [5.41, 5.74) is 1.60. The van der Waals surface area contributed by atoms with Crippen LogP contribution in [0.25, 0.3) is 0 Å². The normalized spacial score (nSPS) is 24.6. The van der Waals surface area contributed by atoms with Crippen molar-refractivity contribution in [3.8, 4) is 0 Å². The van der Waals surface area contributed by atoms with Gasteiger partial charge in [0.15, 0.2) is 0 Å². The Kier molecular flexibility index (Phi) is 5.14. The molecular weight excluding hydrogens is 304 g/mol. The molecule has 3 rings (SSSR count). The number of hydrogen-bond acceptors (Lipinski definition) is 4. The van der Waals surface area contributed by atoms with Crippen LogP contribution in [0.4, 0.5) is 5.69 Å². The van der Waals surface area contributed by atoms with Gasteiger partial charge in [-0.1, -0.05) is 6.92 Å². The number of rotatable bonds is 5. The lowest BCUT2D eigenvalue weighted by Gasteiger charge is -2.27. The van der Waals surface area contributed by atoms with Crippen molar-refractivity contribution in [2.24, 2.45) is 5.92 Å². The number of carbonyl (C=O) groups excluding carboxylic acids is 2. The van der Waals surface area contributed by atoms with Crippen LogP contribution < -0.4 is 5.32 Å². The van der Waals surface area contributed by atoms with Crippen LogP contribution in [0.2, 0.25) is 0 Å². The van der Waals surface area contributed by atoms with Gasteiger partial charge in [0.25, 0.3) is 0 Å². The van der Waals surface area contributed by atoms with E-state index in [0.29, 0.717) is 19.0 Å². The lowest BCUT2D eigenvalue weighted by atomic mass is 10.1. The molecule has 0 aliphatic carbocycles. The highest BCUT2D eigenvalue weighted by atomic mass is 16.2. The van der Waals surface area contributed by atoms with Crippen molar-refractivity contribution in [3.63, 3.8) is 0 Å². The van der Waals surface area contributed by atoms with E-state index in [0.717, 1.165) is 37.4 Å². The van der Waals surface area contributed by atoms with Gasteiger partial charge in [-0.05, 0) is 45.0 Å². The Bertz CT molecular complexity index is 619. The molecule has 2 saturated heterocycles. The summed E-state index contributed by atoms with van der Waals surface area (Å²) >= 11 is 0. The third-order valence-electron chi connectivity index (χ3n) is 5.09. The van der Waals surface area contributed by atoms with Crippen molar-refractivity contribution >= 4 is 17.5 Å². The molecule has 0 radical (unpaired) electrons. The van der Waals surface area contributed by atoms with Gasteiger partial charge >= 0.3 is 0 Å². The topological polar surface area (TPSA) is 65.5 Å². The maximum Gasteiger partial charge on any atom is 0.229 e. The first-order valence-corrected chi connectivity index (χ1v) is 8.82. The lowest BCUT2D eigenvalue weighted by Crippen LogP contribution is -2.41. The van der Waals surface area contributed by atoms with Crippen LogP contribution >= 0.6 is 0 Å². The van der Waals surface area contributed by atoms with E-state index in [1.807, 2.05) is 17.9 Å². The molecule has 2 fully saturated rings. The number of likely N-dealkylation sites (tertiary alicyclic amines) is 2. The van der Waals surface area contributed by atoms with Gasteiger partial charge in [0.1, 0.15) is 0 Å². The molecule has 2 unspecified atom stereocenters. The largest absolute Gasteiger partial charge is 0.340 e. The molecule has 3 heterocycles. The number of hydrogen-bond donors (Lipinski definition) is 1. The second kappa shape index (κ2) is 7.30. The summed E-state index contributed by atoms with van der Waals surface area (Å²) in [6, 6.07) is 4.06. The van der Waals surface area contributed by atoms with Gasteiger partial charge < -0.3 is 10.2 Å². The van der Waals surface area contributed by atoms with Crippen molar-refractivity contribution in [1.29, 1.82) is 0 Å². The molecule has 2 atom stereocenters. The third-order valence-corrected chi connectivity index (χ3v) is 5.09. The van der Waals surface area contributed by atoms with Crippen molar-refractivity contribution in [2.45, 2.75) is 39.2 Å². The summed E-state index contributed by atoms with van der Waals surface area (Å²) in [6.45, 7) is 7.48. The molecule has 0 spiro atoms. The quantitative estimate of drug-likeness (QED) is 0.892. The van der Waals surface area contributed by atoms with Crippen LogP contribution in [0.15, 0.2) is 18.3 Å². The molecule has 6 nitrogen and oxygen atoms in total. The van der Waals surface area contributed by atoms with Crippen LogP contribution in [-0.4, -0.2) is 58.8 Å². The van der Waals surface area contributed by atoms with Gasteiger partial charge in [0, 0.05) is 43.1 Å². The van der Waals surface area contributed by atoms with E-state index in [-0.39, 0.29) is 17.7 Å². The van der Waals surface area contributed by atoms with Crippen LogP contribution in [0.1, 0.15) is 31.9 Å². The fourth-order valence-corrected chi connectivity index (χ4v) is 3.76. The minimum atomic E-state index is -0.262. The highest BCUT2D eigenvalue weighted by Gasteiger charge is 2.36. The van der Waals surface area contributed by atoms with E-state index < -0.39 is 0 Å². The van der Waals surface area contributed by atoms with E-state index in [9.17, 15) is 9.59 Å². The monoisotopic (exact) mass is 330 g/mol. The van der Waals surface area contributed by atoms with E-state index in [1.165, 1.54) is 6.42 Å². The zero-order chi connectivity index (χ0) is 17.1. The van der Waals surface area contributed by atoms with Gasteiger partial charge in [0.05, 0.1) is 5.92 Å². The Morgan fingerprint density at radius 2 is 2.29 bits per heavy atom. The van der Waals surface area contributed by atoms with E-state index in [1.54, 1.807) is 12.3 Å². The predicted octanol–water partition coefficient (Wildman–Crippen LogP) is 1.66. The molecule has 0 saturated carbocycles. The zero-order valence-corrected chi connectivity index (χ0v) is 14.5. The Morgan fingerprint density at radius 3 is 3.04 bits per heavy atom. The number of carbonyl (C=O) groups is 2. The molecule has 2 aliphatic rings. The van der Waals surface area contributed by atoms with Crippen LogP contribution in [-0.2, 0) is 9.59 Å². The molecule has 1 aromatic heterocycles. The second-order valence-electron chi connectivity index (χ2n) is 6.80. The highest BCUT2D eigenvalue weighted by Crippen LogP contribution is 2.24. The first-order valence-electron chi connectivity index (χ1n) is 8.82. The molecule has 0 bridgehead atoms. The SMILES string of the molecule is CCN1CCCC1CN1CC(C(=O)Nc2ccnc(C)c2)CC1=O. The summed E-state index contributed by atoms with van der Waals surface area (Å²) in [6.07, 6.45) is 4.34. The van der Waals surface area contributed by atoms with Gasteiger partial charge in [-0.3, -0.25) is 19.5 Å². The van der Waals surface area contributed by atoms with Crippen molar-refractivity contribution < 1.29 is 9.59 Å². The summed E-state index contributed by atoms with van der Waals surface area (Å²) in [4.78, 5) is 33.2. The number of amides is 2. The average Bonchev–Trinajstić information content (AvgIpc) is 3.14. The van der Waals surface area contributed by atoms with Gasteiger partial charge in [-0.25, -0.2) is 0 Å². The molecular formula is C18H26N4O2. The molecule has 1 aromatic rings. The number of pyridine rings is 1. The summed E-state index contributed by atoms with van der Waals surface area (Å²) in [5.74, 6) is -0.235. The van der Waals surface area contributed by atoms with Gasteiger partial charge in [0.2, 0.25) is 11.8 Å². The molecule has 2 aliphatic heterocycles. The van der Waals surface area contributed by atoms with Crippen molar-refractivity contribution in [2.75, 3.05) is 31.5 Å². The number of likely N-dealkylation sites (N-methyl/N-ethyl adjacent to an activating group) is 1. The maximum absolute atomic E-state index is 12.5. The Hall–Kier alpha value is -1.95. The molecule has 130 valence electrons. The van der Waals surface area contributed by atoms with Crippen LogP contribution in [0.3, 0.4) is 0 Å². The highest BCUT2D eigenvalue weighted by molar-refractivity contribution is 5.97. The van der Waals surface area contributed by atoms with Crippen molar-refractivity contribution in [3.05, 3.63) is 24.0 Å². The summed E-state index contributed by atoms with van der Waals surface area (Å²) in [7, 11) is 0. The summed E-state index contributed by atoms with van der Waals surface area (Å²) in [5, 5.41) is 2.91. The number of nitrogens with one attached hydrogen (secondary N) is 1. The number of anilines is 1. The van der Waals surface area contributed by atoms with E-state index >= 15 is 0 Å². The fourth-order valence-electron chi connectivity index (χ4n) is 3.76. The Labute approximate surface area is 143 Å². The standard InChI is InChI=1S/C18H26N4O2/c1-3-21-8-4-5-16(21)12-22-11-14(10-17(22)23)18(24)20-15-6-7-19-13(2)9-15/h6-7,9,14,16H,3-5,8,10-12H2,1-2H3,(H,19,20,24). The predicted molar refractivity (Wildman–Crippen MR) is 92.6 cm³/mol. The minimum absolute atomic E-state index is 0.0739. The molecule has 2 amide bonds. The maximum atomic E-state index is 12.5. The molecule has 6 heteroatoms. The third kappa shape index (κ3) is 3.75. The van der Waals surface area contributed by atoms with Crippen molar-refractivity contribution in [1.82, 2.24) is 14.8 Å². The molecule has 1 N–H and O–H groups in total. The Morgan fingerprint density at radius 1 is 1.46 bits per heavy atom. The lowest BCUT2D eigenvalue weighted by molar-refractivity contribution is -0.128. The molecule has 24 heavy (non-hydrogen) atoms. The Balaban J connectivity index is 1.57. The minimum Gasteiger partial charge on any atom is -0.340 e. The number of aryl methyl sites for hydroxylation is 1. The number of aromatic nitrogens is 1. The fraction of sp³-hybridized carbons (Fsp3) is 0.611. The smallest absolute Gasteiger partial charge is 0.229 e. The first kappa shape index (κ1) is 16.9. The molecule has 0 aromatic carbocycles. The van der Waals surface area contributed by atoms with E-state index in [2.05, 4.69) is 22.1 Å². The zero-order valence-electron chi connectivity index (χ0n) is 14.5. The van der Waals surface area contributed by atoms with E-state index in [4.69, 9.17) is 0 Å². The summed E-state index contributed by atoms with van der Waals surface area (Å²) < 4.78 is 0. The van der Waals surface area contributed by atoms with Crippen LogP contribution in [0.5, 0.6) is 0 Å². The van der Waals surface area contributed by atoms with Gasteiger partial charge in [-0.2, -0.15) is 0 Å². The second-order valence-corrected chi connectivity index (χ2v) is 6.80.